The van der Waals surface area contributed by atoms with Crippen LogP contribution in [0.25, 0.3) is 17.0 Å². The number of amides is 1. The van der Waals surface area contributed by atoms with Crippen molar-refractivity contribution < 1.29 is 4.79 Å². The van der Waals surface area contributed by atoms with Gasteiger partial charge in [0.05, 0.1) is 6.20 Å². The number of carbonyl (C=O) groups is 1. The van der Waals surface area contributed by atoms with E-state index in [9.17, 15) is 4.79 Å². The molecule has 1 fully saturated rings. The molecule has 1 aliphatic carbocycles. The Bertz CT molecular complexity index is 1190. The van der Waals surface area contributed by atoms with E-state index in [1.165, 1.54) is 6.20 Å². The number of H-pyrrole nitrogens is 1. The minimum Gasteiger partial charge on any atom is -0.328 e. The van der Waals surface area contributed by atoms with Gasteiger partial charge in [0.25, 0.3) is 5.91 Å². The third kappa shape index (κ3) is 3.12. The number of nitrogens with one attached hydrogen (secondary N) is 2. The number of fused-ring (bicyclic) bond motifs is 1. The molecular formula is C19H14Cl2N6O. The third-order valence-corrected chi connectivity index (χ3v) is 5.29. The Kier molecular flexibility index (Phi) is 4.07. The van der Waals surface area contributed by atoms with E-state index in [1.54, 1.807) is 16.6 Å². The highest BCUT2D eigenvalue weighted by Crippen LogP contribution is 2.39. The number of aromatic nitrogens is 5. The Labute approximate surface area is 169 Å². The molecule has 2 N–H and O–H groups in total. The molecule has 7 nitrogen and oxygen atoms in total. The van der Waals surface area contributed by atoms with Crippen molar-refractivity contribution in [2.75, 3.05) is 5.32 Å². The van der Waals surface area contributed by atoms with Crippen LogP contribution in [0.3, 0.4) is 0 Å². The maximum absolute atomic E-state index is 12.8. The van der Waals surface area contributed by atoms with Crippen molar-refractivity contribution in [1.82, 2.24) is 24.6 Å². The van der Waals surface area contributed by atoms with Crippen LogP contribution in [0.5, 0.6) is 0 Å². The number of anilines is 1. The first-order valence-corrected chi connectivity index (χ1v) is 9.51. The topological polar surface area (TPSA) is 88.0 Å². The summed E-state index contributed by atoms with van der Waals surface area (Å²) in [6, 6.07) is 9.21. The molecule has 0 radical (unpaired) electrons. The van der Waals surface area contributed by atoms with E-state index < -0.39 is 0 Å². The molecule has 1 aliphatic rings. The average Bonchev–Trinajstić information content (AvgIpc) is 3.37. The van der Waals surface area contributed by atoms with Crippen molar-refractivity contribution in [3.63, 3.8) is 0 Å². The summed E-state index contributed by atoms with van der Waals surface area (Å²) in [4.78, 5) is 24.5. The second kappa shape index (κ2) is 6.61. The van der Waals surface area contributed by atoms with Crippen LogP contribution in [0.4, 0.5) is 5.69 Å². The zero-order chi connectivity index (χ0) is 19.3. The fraction of sp³-hybridized carbons (Fsp3) is 0.158. The SMILES string of the molecule is O=C(Nc1cccc(-c2nc(Cl)c(Cl)[nH]2)c1)c1cnn2ccc(C3CC3)nc12. The van der Waals surface area contributed by atoms with Gasteiger partial charge < -0.3 is 10.3 Å². The molecule has 1 saturated carbocycles. The van der Waals surface area contributed by atoms with Crippen molar-refractivity contribution >= 4 is 40.4 Å². The summed E-state index contributed by atoms with van der Waals surface area (Å²) < 4.78 is 1.62. The maximum atomic E-state index is 12.8. The van der Waals surface area contributed by atoms with E-state index in [-0.39, 0.29) is 16.2 Å². The monoisotopic (exact) mass is 412 g/mol. The summed E-state index contributed by atoms with van der Waals surface area (Å²) >= 11 is 11.8. The average molecular weight is 413 g/mol. The summed E-state index contributed by atoms with van der Waals surface area (Å²) in [6.45, 7) is 0. The second-order valence-electron chi connectivity index (χ2n) is 6.68. The van der Waals surface area contributed by atoms with E-state index >= 15 is 0 Å². The lowest BCUT2D eigenvalue weighted by molar-refractivity contribution is 0.102. The van der Waals surface area contributed by atoms with Gasteiger partial charge in [0.1, 0.15) is 16.5 Å². The van der Waals surface area contributed by atoms with Gasteiger partial charge in [-0.05, 0) is 31.0 Å². The summed E-state index contributed by atoms with van der Waals surface area (Å²) in [5, 5.41) is 7.60. The van der Waals surface area contributed by atoms with Crippen LogP contribution in [0.15, 0.2) is 42.7 Å². The Hall–Kier alpha value is -2.90. The first-order valence-electron chi connectivity index (χ1n) is 8.75. The summed E-state index contributed by atoms with van der Waals surface area (Å²) in [6.07, 6.45) is 5.67. The number of hydrogen-bond acceptors (Lipinski definition) is 4. The summed E-state index contributed by atoms with van der Waals surface area (Å²) in [5.74, 6) is 0.750. The molecular weight excluding hydrogens is 399 g/mol. The molecule has 140 valence electrons. The molecule has 28 heavy (non-hydrogen) atoms. The minimum absolute atomic E-state index is 0.204. The van der Waals surface area contributed by atoms with E-state index in [4.69, 9.17) is 23.2 Å². The van der Waals surface area contributed by atoms with Crippen molar-refractivity contribution in [2.45, 2.75) is 18.8 Å². The number of aromatic amines is 1. The zero-order valence-electron chi connectivity index (χ0n) is 14.5. The lowest BCUT2D eigenvalue weighted by atomic mass is 10.2. The van der Waals surface area contributed by atoms with Crippen molar-refractivity contribution in [3.8, 4) is 11.4 Å². The number of carbonyl (C=O) groups excluding carboxylic acids is 1. The standard InChI is InChI=1S/C19H14Cl2N6O/c20-15-16(21)26-17(25-15)11-2-1-3-12(8-11)23-19(28)13-9-22-27-7-6-14(10-4-5-10)24-18(13)27/h1-3,6-10H,4-5H2,(H,23,28)(H,25,26). The summed E-state index contributed by atoms with van der Waals surface area (Å²) in [5.41, 5.74) is 3.36. The van der Waals surface area contributed by atoms with Crippen LogP contribution in [-0.4, -0.2) is 30.5 Å². The predicted octanol–water partition coefficient (Wildman–Crippen LogP) is 4.56. The van der Waals surface area contributed by atoms with Gasteiger partial charge in [0.15, 0.2) is 10.8 Å². The fourth-order valence-electron chi connectivity index (χ4n) is 3.06. The quantitative estimate of drug-likeness (QED) is 0.514. The van der Waals surface area contributed by atoms with E-state index in [2.05, 4.69) is 25.4 Å². The fourth-order valence-corrected chi connectivity index (χ4v) is 3.32. The molecule has 1 aromatic carbocycles. The zero-order valence-corrected chi connectivity index (χ0v) is 16.0. The molecule has 0 bridgehead atoms. The van der Waals surface area contributed by atoms with Gasteiger partial charge >= 0.3 is 0 Å². The Morgan fingerprint density at radius 3 is 2.82 bits per heavy atom. The number of nitrogens with zero attached hydrogens (tertiary/aromatic N) is 4. The molecule has 0 atom stereocenters. The third-order valence-electron chi connectivity index (χ3n) is 4.64. The highest BCUT2D eigenvalue weighted by Gasteiger charge is 2.26. The molecule has 0 aliphatic heterocycles. The molecule has 0 saturated heterocycles. The number of rotatable bonds is 4. The van der Waals surface area contributed by atoms with E-state index in [0.29, 0.717) is 28.6 Å². The highest BCUT2D eigenvalue weighted by atomic mass is 35.5. The van der Waals surface area contributed by atoms with Crippen LogP contribution < -0.4 is 5.32 Å². The smallest absolute Gasteiger partial charge is 0.261 e. The van der Waals surface area contributed by atoms with Crippen LogP contribution in [0.1, 0.15) is 34.8 Å². The first kappa shape index (κ1) is 17.2. The first-order chi connectivity index (χ1) is 13.6. The summed E-state index contributed by atoms with van der Waals surface area (Å²) in [7, 11) is 0. The van der Waals surface area contributed by atoms with Crippen molar-refractivity contribution in [1.29, 1.82) is 0 Å². The van der Waals surface area contributed by atoms with Gasteiger partial charge in [-0.1, -0.05) is 35.3 Å². The minimum atomic E-state index is -0.275. The van der Waals surface area contributed by atoms with Crippen molar-refractivity contribution in [2.24, 2.45) is 0 Å². The predicted molar refractivity (Wildman–Crippen MR) is 107 cm³/mol. The van der Waals surface area contributed by atoms with Gasteiger partial charge in [-0.15, -0.1) is 0 Å². The molecule has 0 spiro atoms. The van der Waals surface area contributed by atoms with Gasteiger partial charge in [0, 0.05) is 29.1 Å². The Balaban J connectivity index is 1.43. The van der Waals surface area contributed by atoms with Crippen molar-refractivity contribution in [3.05, 3.63) is 64.3 Å². The molecule has 4 aromatic rings. The highest BCUT2D eigenvalue weighted by molar-refractivity contribution is 6.40. The maximum Gasteiger partial charge on any atom is 0.261 e. The van der Waals surface area contributed by atoms with Gasteiger partial charge in [0.2, 0.25) is 0 Å². The lowest BCUT2D eigenvalue weighted by Gasteiger charge is -2.06. The second-order valence-corrected chi connectivity index (χ2v) is 7.41. The molecule has 5 rings (SSSR count). The van der Waals surface area contributed by atoms with Crippen LogP contribution in [0.2, 0.25) is 10.3 Å². The van der Waals surface area contributed by atoms with Crippen LogP contribution in [0, 0.1) is 0 Å². The van der Waals surface area contributed by atoms with Gasteiger partial charge in [-0.2, -0.15) is 5.10 Å². The Morgan fingerprint density at radius 2 is 2.07 bits per heavy atom. The molecule has 9 heteroatoms. The molecule has 0 unspecified atom stereocenters. The lowest BCUT2D eigenvalue weighted by Crippen LogP contribution is -2.12. The number of hydrogen-bond donors (Lipinski definition) is 2. The Morgan fingerprint density at radius 1 is 1.21 bits per heavy atom. The van der Waals surface area contributed by atoms with Crippen LogP contribution >= 0.6 is 23.2 Å². The molecule has 1 amide bonds. The largest absolute Gasteiger partial charge is 0.328 e. The number of imidazole rings is 1. The number of halogens is 2. The molecule has 3 heterocycles. The van der Waals surface area contributed by atoms with Gasteiger partial charge in [-0.3, -0.25) is 4.79 Å². The number of benzene rings is 1. The van der Waals surface area contributed by atoms with Crippen LogP contribution in [-0.2, 0) is 0 Å². The van der Waals surface area contributed by atoms with Gasteiger partial charge in [-0.25, -0.2) is 14.5 Å². The molecule has 3 aromatic heterocycles. The van der Waals surface area contributed by atoms with E-state index in [1.807, 2.05) is 24.4 Å². The van der Waals surface area contributed by atoms with E-state index in [0.717, 1.165) is 24.1 Å². The normalized spacial score (nSPS) is 13.8.